The molecular weight excluding hydrogens is 309 g/mol. The van der Waals surface area contributed by atoms with E-state index < -0.39 is 24.3 Å². The second kappa shape index (κ2) is 7.04. The number of amides is 1. The van der Waals surface area contributed by atoms with Crippen LogP contribution in [0.2, 0.25) is 5.02 Å². The van der Waals surface area contributed by atoms with Gasteiger partial charge in [0.25, 0.3) is 5.91 Å². The Morgan fingerprint density at radius 2 is 2.00 bits per heavy atom. The van der Waals surface area contributed by atoms with Gasteiger partial charge in [0.2, 0.25) is 0 Å². The number of hydrogen-bond donors (Lipinski definition) is 1. The molecule has 2 aromatic rings. The summed E-state index contributed by atoms with van der Waals surface area (Å²) in [5.41, 5.74) is 1.01. The zero-order valence-electron chi connectivity index (χ0n) is 11.7. The Hall–Kier alpha value is -2.40. The van der Waals surface area contributed by atoms with Crippen molar-refractivity contribution < 1.29 is 18.7 Å². The average Bonchev–Trinajstić information content (AvgIpc) is 2.47. The Balaban J connectivity index is 1.91. The molecule has 0 spiro atoms. The second-order valence-corrected chi connectivity index (χ2v) is 5.05. The van der Waals surface area contributed by atoms with Crippen molar-refractivity contribution in [1.82, 2.24) is 0 Å². The number of nitrogens with one attached hydrogen (secondary N) is 1. The van der Waals surface area contributed by atoms with Gasteiger partial charge in [-0.25, -0.2) is 9.18 Å². The van der Waals surface area contributed by atoms with Crippen molar-refractivity contribution in [2.75, 3.05) is 11.9 Å². The van der Waals surface area contributed by atoms with Crippen LogP contribution < -0.4 is 5.32 Å². The van der Waals surface area contributed by atoms with Gasteiger partial charge in [-0.15, -0.1) is 0 Å². The van der Waals surface area contributed by atoms with Crippen LogP contribution in [0.3, 0.4) is 0 Å². The van der Waals surface area contributed by atoms with Crippen molar-refractivity contribution in [3.8, 4) is 0 Å². The van der Waals surface area contributed by atoms with Crippen molar-refractivity contribution in [3.63, 3.8) is 0 Å². The van der Waals surface area contributed by atoms with Crippen LogP contribution in [0.1, 0.15) is 15.9 Å². The van der Waals surface area contributed by atoms with E-state index in [-0.39, 0.29) is 11.3 Å². The number of benzene rings is 2. The van der Waals surface area contributed by atoms with E-state index in [1.165, 1.54) is 24.3 Å². The van der Waals surface area contributed by atoms with E-state index in [0.717, 1.165) is 5.56 Å². The predicted octanol–water partition coefficient (Wildman–Crippen LogP) is 3.58. The lowest BCUT2D eigenvalue weighted by Gasteiger charge is -2.08. The van der Waals surface area contributed by atoms with Crippen molar-refractivity contribution in [3.05, 3.63) is 64.4 Å². The molecule has 0 saturated heterocycles. The van der Waals surface area contributed by atoms with Crippen LogP contribution in [0, 0.1) is 12.7 Å². The molecule has 4 nitrogen and oxygen atoms in total. The van der Waals surface area contributed by atoms with Gasteiger partial charge in [0, 0.05) is 5.02 Å². The molecule has 2 rings (SSSR count). The zero-order valence-corrected chi connectivity index (χ0v) is 12.5. The van der Waals surface area contributed by atoms with E-state index in [1.54, 1.807) is 25.1 Å². The third-order valence-corrected chi connectivity index (χ3v) is 3.03. The highest BCUT2D eigenvalue weighted by molar-refractivity contribution is 6.30. The van der Waals surface area contributed by atoms with E-state index in [2.05, 4.69) is 5.32 Å². The molecule has 2 aromatic carbocycles. The maximum absolute atomic E-state index is 13.6. The first kappa shape index (κ1) is 16.0. The normalized spacial score (nSPS) is 10.1. The standard InChI is InChI=1S/C16H13ClFNO3/c1-10-5-6-14(13(18)7-10)19-15(20)9-22-16(21)11-3-2-4-12(17)8-11/h2-8H,9H2,1H3,(H,19,20). The number of anilines is 1. The summed E-state index contributed by atoms with van der Waals surface area (Å²) in [4.78, 5) is 23.4. The molecule has 0 saturated carbocycles. The summed E-state index contributed by atoms with van der Waals surface area (Å²) < 4.78 is 18.4. The van der Waals surface area contributed by atoms with Crippen molar-refractivity contribution >= 4 is 29.2 Å². The third-order valence-electron chi connectivity index (χ3n) is 2.79. The van der Waals surface area contributed by atoms with E-state index >= 15 is 0 Å². The molecule has 0 unspecified atom stereocenters. The molecule has 1 N–H and O–H groups in total. The topological polar surface area (TPSA) is 55.4 Å². The average molecular weight is 322 g/mol. The second-order valence-electron chi connectivity index (χ2n) is 4.62. The summed E-state index contributed by atoms with van der Waals surface area (Å²) in [6.07, 6.45) is 0. The summed E-state index contributed by atoms with van der Waals surface area (Å²) in [5.74, 6) is -1.85. The maximum Gasteiger partial charge on any atom is 0.338 e. The first-order valence-electron chi connectivity index (χ1n) is 6.44. The minimum Gasteiger partial charge on any atom is -0.452 e. The highest BCUT2D eigenvalue weighted by Gasteiger charge is 2.12. The smallest absolute Gasteiger partial charge is 0.338 e. The largest absolute Gasteiger partial charge is 0.452 e. The maximum atomic E-state index is 13.6. The highest BCUT2D eigenvalue weighted by atomic mass is 35.5. The molecule has 6 heteroatoms. The zero-order chi connectivity index (χ0) is 16.1. The molecule has 0 bridgehead atoms. The van der Waals surface area contributed by atoms with Gasteiger partial charge >= 0.3 is 5.97 Å². The summed E-state index contributed by atoms with van der Waals surface area (Å²) in [6, 6.07) is 10.6. The number of hydrogen-bond acceptors (Lipinski definition) is 3. The van der Waals surface area contributed by atoms with Crippen LogP contribution in [-0.2, 0) is 9.53 Å². The first-order chi connectivity index (χ1) is 10.5. The van der Waals surface area contributed by atoms with Gasteiger partial charge in [-0.1, -0.05) is 23.7 Å². The molecule has 22 heavy (non-hydrogen) atoms. The summed E-state index contributed by atoms with van der Waals surface area (Å²) in [6.45, 7) is 1.22. The van der Waals surface area contributed by atoms with Gasteiger partial charge in [-0.3, -0.25) is 4.79 Å². The van der Waals surface area contributed by atoms with Crippen LogP contribution in [-0.4, -0.2) is 18.5 Å². The molecule has 0 heterocycles. The van der Waals surface area contributed by atoms with Crippen LogP contribution >= 0.6 is 11.6 Å². The Morgan fingerprint density at radius 1 is 1.23 bits per heavy atom. The van der Waals surface area contributed by atoms with E-state index in [0.29, 0.717) is 5.02 Å². The van der Waals surface area contributed by atoms with Crippen molar-refractivity contribution in [2.24, 2.45) is 0 Å². The lowest BCUT2D eigenvalue weighted by atomic mass is 10.2. The van der Waals surface area contributed by atoms with E-state index in [9.17, 15) is 14.0 Å². The number of esters is 1. The Bertz CT molecular complexity index is 718. The fourth-order valence-corrected chi connectivity index (χ4v) is 1.93. The first-order valence-corrected chi connectivity index (χ1v) is 6.82. The van der Waals surface area contributed by atoms with Crippen LogP contribution in [0.25, 0.3) is 0 Å². The molecule has 0 aliphatic carbocycles. The van der Waals surface area contributed by atoms with Gasteiger partial charge in [0.1, 0.15) is 5.82 Å². The number of aryl methyl sites for hydroxylation is 1. The molecule has 0 aromatic heterocycles. The monoisotopic (exact) mass is 321 g/mol. The van der Waals surface area contributed by atoms with Crippen LogP contribution in [0.15, 0.2) is 42.5 Å². The Kier molecular flexibility index (Phi) is 5.12. The number of carbonyl (C=O) groups is 2. The number of rotatable bonds is 4. The van der Waals surface area contributed by atoms with Gasteiger partial charge in [-0.05, 0) is 42.8 Å². The van der Waals surface area contributed by atoms with Gasteiger partial charge in [0.15, 0.2) is 6.61 Å². The lowest BCUT2D eigenvalue weighted by molar-refractivity contribution is -0.119. The van der Waals surface area contributed by atoms with Crippen LogP contribution in [0.4, 0.5) is 10.1 Å². The Labute approximate surface area is 131 Å². The van der Waals surface area contributed by atoms with Gasteiger partial charge in [-0.2, -0.15) is 0 Å². The van der Waals surface area contributed by atoms with Crippen LogP contribution in [0.5, 0.6) is 0 Å². The van der Waals surface area contributed by atoms with E-state index in [1.807, 2.05) is 0 Å². The number of carbonyl (C=O) groups excluding carboxylic acids is 2. The molecule has 1 amide bonds. The van der Waals surface area contributed by atoms with Gasteiger partial charge < -0.3 is 10.1 Å². The van der Waals surface area contributed by atoms with Crippen molar-refractivity contribution in [1.29, 1.82) is 0 Å². The minimum absolute atomic E-state index is 0.0365. The molecule has 0 fully saturated rings. The lowest BCUT2D eigenvalue weighted by Crippen LogP contribution is -2.21. The number of halogens is 2. The molecule has 114 valence electrons. The summed E-state index contributed by atoms with van der Waals surface area (Å²) in [5, 5.41) is 2.73. The predicted molar refractivity (Wildman–Crippen MR) is 81.5 cm³/mol. The van der Waals surface area contributed by atoms with E-state index in [4.69, 9.17) is 16.3 Å². The molecule has 0 radical (unpaired) electrons. The van der Waals surface area contributed by atoms with Crippen molar-refractivity contribution in [2.45, 2.75) is 6.92 Å². The minimum atomic E-state index is -0.679. The third kappa shape index (κ3) is 4.30. The summed E-state index contributed by atoms with van der Waals surface area (Å²) in [7, 11) is 0. The highest BCUT2D eigenvalue weighted by Crippen LogP contribution is 2.15. The molecule has 0 atom stereocenters. The Morgan fingerprint density at radius 3 is 2.68 bits per heavy atom. The molecule has 0 aliphatic rings. The quantitative estimate of drug-likeness (QED) is 0.876. The fraction of sp³-hybridized carbons (Fsp3) is 0.125. The summed E-state index contributed by atoms with van der Waals surface area (Å²) >= 11 is 5.76. The SMILES string of the molecule is Cc1ccc(NC(=O)COC(=O)c2cccc(Cl)c2)c(F)c1. The van der Waals surface area contributed by atoms with Gasteiger partial charge in [0.05, 0.1) is 11.3 Å². The fourth-order valence-electron chi connectivity index (χ4n) is 1.74. The molecular formula is C16H13ClFNO3. The molecule has 0 aliphatic heterocycles. The number of ether oxygens (including phenoxy) is 1.